The van der Waals surface area contributed by atoms with Gasteiger partial charge in [-0.3, -0.25) is 0 Å². The van der Waals surface area contributed by atoms with Crippen molar-refractivity contribution in [2.75, 3.05) is 0 Å². The average Bonchev–Trinajstić information content (AvgIpc) is 3.36. The molecule has 3 rings (SSSR count). The fraction of sp³-hybridized carbons (Fsp3) is 0.250. The van der Waals surface area contributed by atoms with E-state index in [0.29, 0.717) is 5.56 Å². The largest absolute Gasteiger partial charge is 0.472 e. The fourth-order valence-corrected chi connectivity index (χ4v) is 2.60. The number of ether oxygens (including phenoxy) is 1. The van der Waals surface area contributed by atoms with Crippen molar-refractivity contribution in [2.24, 2.45) is 0 Å². The second-order valence-electron chi connectivity index (χ2n) is 6.61. The Morgan fingerprint density at radius 2 is 2.07 bits per heavy atom. The molecule has 2 heterocycles. The lowest BCUT2D eigenvalue weighted by Crippen LogP contribution is -2.13. The highest BCUT2D eigenvalue weighted by molar-refractivity contribution is 6.20. The highest BCUT2D eigenvalue weighted by Gasteiger charge is 2.31. The summed E-state index contributed by atoms with van der Waals surface area (Å²) in [5.41, 5.74) is -0.608. The molecule has 0 saturated heterocycles. The van der Waals surface area contributed by atoms with Crippen LogP contribution < -0.4 is 0 Å². The molecule has 3 aromatic rings. The van der Waals surface area contributed by atoms with Crippen LogP contribution in [0.1, 0.15) is 30.5 Å². The number of halogens is 4. The van der Waals surface area contributed by atoms with Crippen molar-refractivity contribution in [3.63, 3.8) is 0 Å². The van der Waals surface area contributed by atoms with E-state index in [-0.39, 0.29) is 28.6 Å². The molecule has 30 heavy (non-hydrogen) atoms. The number of hydrogen-bond donors (Lipinski definition) is 0. The normalized spacial score (nSPS) is 12.4. The van der Waals surface area contributed by atoms with E-state index in [0.717, 1.165) is 16.8 Å². The number of carbonyl (C=O) groups is 1. The lowest BCUT2D eigenvalue weighted by Gasteiger charge is -2.10. The fourth-order valence-electron chi connectivity index (χ4n) is 2.60. The van der Waals surface area contributed by atoms with E-state index < -0.39 is 24.4 Å². The Hall–Kier alpha value is -3.43. The van der Waals surface area contributed by atoms with Crippen LogP contribution in [0.4, 0.5) is 17.6 Å². The van der Waals surface area contributed by atoms with Gasteiger partial charge in [0.15, 0.2) is 5.82 Å². The Labute approximate surface area is 168 Å². The monoisotopic (exact) mass is 423 g/mol. The number of aromatic nitrogens is 3. The predicted molar refractivity (Wildman–Crippen MR) is 99.4 cm³/mol. The third kappa shape index (κ3) is 4.94. The smallest absolute Gasteiger partial charge is 0.416 e. The van der Waals surface area contributed by atoms with Gasteiger partial charge in [-0.25, -0.2) is 18.9 Å². The maximum absolute atomic E-state index is 13.1. The van der Waals surface area contributed by atoms with E-state index in [1.165, 1.54) is 31.1 Å². The maximum Gasteiger partial charge on any atom is 0.416 e. The molecule has 0 bridgehead atoms. The zero-order valence-electron chi connectivity index (χ0n) is 16.0. The molecule has 2 aromatic heterocycles. The minimum atomic E-state index is -4.64. The topological polar surface area (TPSA) is 70.2 Å². The lowest BCUT2D eigenvalue weighted by molar-refractivity contribution is -0.140. The van der Waals surface area contributed by atoms with Gasteiger partial charge in [0.25, 0.3) is 0 Å². The second-order valence-corrected chi connectivity index (χ2v) is 6.61. The van der Waals surface area contributed by atoms with Crippen LogP contribution in [0.15, 0.2) is 47.5 Å². The predicted octanol–water partition coefficient (Wildman–Crippen LogP) is 4.98. The lowest BCUT2D eigenvalue weighted by atomic mass is 10.1. The number of hydrogen-bond acceptors (Lipinski definition) is 5. The Balaban J connectivity index is 2.00. The quantitative estimate of drug-likeness (QED) is 0.318. The van der Waals surface area contributed by atoms with Crippen molar-refractivity contribution < 1.29 is 31.5 Å². The summed E-state index contributed by atoms with van der Waals surface area (Å²) >= 11 is 0. The van der Waals surface area contributed by atoms with Crippen molar-refractivity contribution in [1.82, 2.24) is 14.8 Å². The van der Waals surface area contributed by atoms with E-state index >= 15 is 0 Å². The summed E-state index contributed by atoms with van der Waals surface area (Å²) in [6, 6.07) is 4.36. The molecule has 0 N–H and O–H groups in total. The Morgan fingerprint density at radius 3 is 2.67 bits per heavy atom. The molecule has 0 spiro atoms. The van der Waals surface area contributed by atoms with Crippen molar-refractivity contribution in [2.45, 2.75) is 32.8 Å². The van der Waals surface area contributed by atoms with E-state index in [1.807, 2.05) is 0 Å². The molecule has 0 aliphatic rings. The highest BCUT2D eigenvalue weighted by atomic mass is 19.4. The van der Waals surface area contributed by atoms with E-state index in [9.17, 15) is 22.4 Å². The summed E-state index contributed by atoms with van der Waals surface area (Å²) in [5.74, 6) is -0.696. The van der Waals surface area contributed by atoms with Gasteiger partial charge in [0.05, 0.1) is 29.8 Å². The zero-order chi connectivity index (χ0) is 21.9. The molecule has 158 valence electrons. The number of esters is 1. The molecule has 0 aliphatic heterocycles. The van der Waals surface area contributed by atoms with Gasteiger partial charge in [-0.1, -0.05) is 0 Å². The second kappa shape index (κ2) is 8.52. The molecule has 1 aromatic carbocycles. The molecule has 10 heteroatoms. The molecule has 6 nitrogen and oxygen atoms in total. The van der Waals surface area contributed by atoms with Gasteiger partial charge in [0, 0.05) is 17.3 Å². The first-order valence-electron chi connectivity index (χ1n) is 8.81. The summed E-state index contributed by atoms with van der Waals surface area (Å²) < 4.78 is 63.7. The average molecular weight is 423 g/mol. The van der Waals surface area contributed by atoms with Crippen LogP contribution in [0.5, 0.6) is 0 Å². The van der Waals surface area contributed by atoms with Crippen LogP contribution in [0.3, 0.4) is 0 Å². The van der Waals surface area contributed by atoms with Crippen LogP contribution in [0.25, 0.3) is 23.2 Å². The summed E-state index contributed by atoms with van der Waals surface area (Å²) in [6.07, 6.45) is 0.231. The van der Waals surface area contributed by atoms with Crippen LogP contribution >= 0.6 is 0 Å². The summed E-state index contributed by atoms with van der Waals surface area (Å²) in [6.45, 7) is 2.31. The van der Waals surface area contributed by atoms with Crippen LogP contribution in [-0.2, 0) is 22.4 Å². The zero-order valence-corrected chi connectivity index (χ0v) is 16.0. The summed E-state index contributed by atoms with van der Waals surface area (Å²) in [4.78, 5) is 16.4. The summed E-state index contributed by atoms with van der Waals surface area (Å²) in [5, 5.41) is 4.09. The molecule has 0 unspecified atom stereocenters. The number of rotatable bonds is 6. The Morgan fingerprint density at radius 1 is 1.30 bits per heavy atom. The van der Waals surface area contributed by atoms with E-state index in [1.54, 1.807) is 19.9 Å². The van der Waals surface area contributed by atoms with Gasteiger partial charge in [0.1, 0.15) is 13.0 Å². The van der Waals surface area contributed by atoms with Gasteiger partial charge >= 0.3 is 12.1 Å². The summed E-state index contributed by atoms with van der Waals surface area (Å²) in [7, 11) is 0. The molecular formula is C20H17F4N3O3. The molecule has 0 saturated carbocycles. The minimum Gasteiger partial charge on any atom is -0.472 e. The van der Waals surface area contributed by atoms with Gasteiger partial charge in [0.2, 0.25) is 0 Å². The number of nitrogens with zero attached hydrogens (tertiary/aromatic N) is 3. The van der Waals surface area contributed by atoms with Crippen LogP contribution in [0.2, 0.25) is 0 Å². The molecule has 0 atom stereocenters. The van der Waals surface area contributed by atoms with Gasteiger partial charge < -0.3 is 9.15 Å². The van der Waals surface area contributed by atoms with Crippen molar-refractivity contribution >= 4 is 17.7 Å². The third-order valence-electron chi connectivity index (χ3n) is 3.90. The van der Waals surface area contributed by atoms with Gasteiger partial charge in [-0.05, 0) is 43.7 Å². The van der Waals surface area contributed by atoms with Crippen molar-refractivity contribution in [1.29, 1.82) is 0 Å². The molecular weight excluding hydrogens is 406 g/mol. The first-order valence-corrected chi connectivity index (χ1v) is 8.81. The third-order valence-corrected chi connectivity index (χ3v) is 3.90. The number of alkyl halides is 4. The SMILES string of the molecule is CC(C)OC(=O)/C(=C/n1cnc(-c2cc(CF)cc(C(F)(F)F)c2)n1)c1ccoc1. The Bertz CT molecular complexity index is 1050. The van der Waals surface area contributed by atoms with Crippen molar-refractivity contribution in [3.05, 3.63) is 59.8 Å². The molecule has 0 amide bonds. The first-order chi connectivity index (χ1) is 14.2. The number of furan rings is 1. The van der Waals surface area contributed by atoms with E-state index in [2.05, 4.69) is 10.1 Å². The highest BCUT2D eigenvalue weighted by Crippen LogP contribution is 2.33. The van der Waals surface area contributed by atoms with Crippen molar-refractivity contribution in [3.8, 4) is 11.4 Å². The van der Waals surface area contributed by atoms with E-state index in [4.69, 9.17) is 9.15 Å². The number of carbonyl (C=O) groups excluding carboxylic acids is 1. The molecule has 0 aliphatic carbocycles. The standard InChI is InChI=1S/C20H17F4N3O3/c1-12(2)30-19(28)17(14-3-4-29-10-14)9-27-11-25-18(26-27)15-5-13(8-21)6-16(7-15)20(22,23)24/h3-7,9-12H,8H2,1-2H3/b17-9+. The van der Waals surface area contributed by atoms with Crippen LogP contribution in [0, 0.1) is 0 Å². The maximum atomic E-state index is 13.1. The number of benzene rings is 1. The van der Waals surface area contributed by atoms with Crippen LogP contribution in [-0.4, -0.2) is 26.8 Å². The van der Waals surface area contributed by atoms with Gasteiger partial charge in [-0.2, -0.15) is 13.2 Å². The minimum absolute atomic E-state index is 0.000701. The molecule has 0 fully saturated rings. The van der Waals surface area contributed by atoms with Gasteiger partial charge in [-0.15, -0.1) is 5.10 Å². The first kappa shape index (κ1) is 21.3. The molecule has 0 radical (unpaired) electrons. The Kier molecular flexibility index (Phi) is 6.04.